The van der Waals surface area contributed by atoms with E-state index in [1.807, 2.05) is 0 Å². The Labute approximate surface area is 136 Å². The van der Waals surface area contributed by atoms with Gasteiger partial charge in [-0.15, -0.1) is 0 Å². The molecule has 2 aromatic rings. The van der Waals surface area contributed by atoms with Crippen LogP contribution >= 0.6 is 0 Å². The van der Waals surface area contributed by atoms with Crippen LogP contribution in [0.1, 0.15) is 23.8 Å². The number of methoxy groups -OCH3 is 2. The van der Waals surface area contributed by atoms with Gasteiger partial charge < -0.3 is 19.7 Å². The second kappa shape index (κ2) is 6.19. The third-order valence-electron chi connectivity index (χ3n) is 3.73. The van der Waals surface area contributed by atoms with Gasteiger partial charge in [0.25, 0.3) is 0 Å². The van der Waals surface area contributed by atoms with Crippen LogP contribution in [0.4, 0.5) is 9.18 Å². The summed E-state index contributed by atoms with van der Waals surface area (Å²) in [4.78, 5) is 11.7. The Balaban J connectivity index is 2.02. The Hall–Kier alpha value is -3.10. The number of nitrogens with two attached hydrogens (primary N) is 1. The standard InChI is InChI=1S/C15H15FN4O4/c1-22-12-4-3-8(13(16)14(12)23-2)10-7-9(11-5-6-18-24-11)19-20(10)15(17)21/h3-6,10H,7H2,1-2H3,(H2,17,21). The fourth-order valence-corrected chi connectivity index (χ4v) is 2.63. The van der Waals surface area contributed by atoms with Gasteiger partial charge in [-0.05, 0) is 12.1 Å². The van der Waals surface area contributed by atoms with E-state index in [0.29, 0.717) is 11.5 Å². The minimum absolute atomic E-state index is 0.0486. The maximum absolute atomic E-state index is 14.8. The first kappa shape index (κ1) is 15.8. The van der Waals surface area contributed by atoms with E-state index in [0.717, 1.165) is 5.01 Å². The zero-order valence-electron chi connectivity index (χ0n) is 13.0. The normalized spacial score (nSPS) is 16.9. The number of ether oxygens (including phenoxy) is 2. The van der Waals surface area contributed by atoms with Gasteiger partial charge in [-0.2, -0.15) is 5.10 Å². The minimum Gasteiger partial charge on any atom is -0.493 e. The number of aromatic nitrogens is 1. The summed E-state index contributed by atoms with van der Waals surface area (Å²) in [6, 6.07) is 3.15. The molecule has 0 spiro atoms. The van der Waals surface area contributed by atoms with Crippen LogP contribution in [0, 0.1) is 5.82 Å². The molecule has 0 aliphatic carbocycles. The van der Waals surface area contributed by atoms with Crippen LogP contribution in [-0.4, -0.2) is 36.1 Å². The van der Waals surface area contributed by atoms with Crippen molar-refractivity contribution in [2.24, 2.45) is 10.8 Å². The van der Waals surface area contributed by atoms with E-state index >= 15 is 0 Å². The van der Waals surface area contributed by atoms with Crippen molar-refractivity contribution >= 4 is 11.7 Å². The molecule has 126 valence electrons. The molecule has 0 saturated carbocycles. The van der Waals surface area contributed by atoms with Gasteiger partial charge in [0.1, 0.15) is 5.71 Å². The summed E-state index contributed by atoms with van der Waals surface area (Å²) in [6.45, 7) is 0. The number of amides is 2. The molecule has 9 heteroatoms. The molecule has 24 heavy (non-hydrogen) atoms. The van der Waals surface area contributed by atoms with Crippen LogP contribution in [-0.2, 0) is 0 Å². The fourth-order valence-electron chi connectivity index (χ4n) is 2.63. The van der Waals surface area contributed by atoms with Crippen molar-refractivity contribution in [1.29, 1.82) is 0 Å². The van der Waals surface area contributed by atoms with Gasteiger partial charge in [-0.3, -0.25) is 0 Å². The maximum Gasteiger partial charge on any atom is 0.335 e. The Morgan fingerprint density at radius 3 is 2.75 bits per heavy atom. The largest absolute Gasteiger partial charge is 0.493 e. The molecule has 2 N–H and O–H groups in total. The van der Waals surface area contributed by atoms with E-state index in [1.54, 1.807) is 12.1 Å². The molecule has 1 aliphatic rings. The number of rotatable bonds is 4. The monoisotopic (exact) mass is 334 g/mol. The molecule has 1 unspecified atom stereocenters. The summed E-state index contributed by atoms with van der Waals surface area (Å²) in [5, 5.41) is 8.75. The highest BCUT2D eigenvalue weighted by molar-refractivity contribution is 6.00. The third kappa shape index (κ3) is 2.53. The lowest BCUT2D eigenvalue weighted by atomic mass is 9.99. The van der Waals surface area contributed by atoms with Gasteiger partial charge in [-0.25, -0.2) is 14.2 Å². The number of hydrazone groups is 1. The van der Waals surface area contributed by atoms with Crippen molar-refractivity contribution in [2.45, 2.75) is 12.5 Å². The Morgan fingerprint density at radius 2 is 2.17 bits per heavy atom. The highest BCUT2D eigenvalue weighted by Crippen LogP contribution is 2.39. The van der Waals surface area contributed by atoms with E-state index in [2.05, 4.69) is 10.3 Å². The van der Waals surface area contributed by atoms with Gasteiger partial charge in [0, 0.05) is 18.1 Å². The molecule has 0 bridgehead atoms. The van der Waals surface area contributed by atoms with Gasteiger partial charge >= 0.3 is 6.03 Å². The Kier molecular flexibility index (Phi) is 4.07. The molecule has 8 nitrogen and oxygen atoms in total. The van der Waals surface area contributed by atoms with Crippen molar-refractivity contribution in [3.63, 3.8) is 0 Å². The second-order valence-corrected chi connectivity index (χ2v) is 5.03. The lowest BCUT2D eigenvalue weighted by Gasteiger charge is -2.21. The molecular formula is C15H15FN4O4. The topological polar surface area (TPSA) is 103 Å². The molecule has 0 saturated heterocycles. The first-order chi connectivity index (χ1) is 11.6. The average molecular weight is 334 g/mol. The van der Waals surface area contributed by atoms with Crippen molar-refractivity contribution in [3.05, 3.63) is 41.5 Å². The van der Waals surface area contributed by atoms with E-state index in [9.17, 15) is 9.18 Å². The van der Waals surface area contributed by atoms with Gasteiger partial charge in [-0.1, -0.05) is 5.16 Å². The van der Waals surface area contributed by atoms with E-state index in [-0.39, 0.29) is 23.5 Å². The number of carbonyl (C=O) groups excluding carboxylic acids is 1. The highest BCUT2D eigenvalue weighted by atomic mass is 19.1. The predicted molar refractivity (Wildman–Crippen MR) is 81.3 cm³/mol. The molecule has 0 radical (unpaired) electrons. The molecule has 3 rings (SSSR count). The first-order valence-corrected chi connectivity index (χ1v) is 7.04. The summed E-state index contributed by atoms with van der Waals surface area (Å²) in [6.07, 6.45) is 1.68. The number of nitrogens with zero attached hydrogens (tertiary/aromatic N) is 3. The van der Waals surface area contributed by atoms with Crippen molar-refractivity contribution < 1.29 is 23.2 Å². The second-order valence-electron chi connectivity index (χ2n) is 5.03. The summed E-state index contributed by atoms with van der Waals surface area (Å²) in [5.74, 6) is -0.0435. The number of hydrogen-bond donors (Lipinski definition) is 1. The summed E-state index contributed by atoms with van der Waals surface area (Å²) < 4.78 is 30.0. The van der Waals surface area contributed by atoms with Gasteiger partial charge in [0.2, 0.25) is 0 Å². The lowest BCUT2D eigenvalue weighted by Crippen LogP contribution is -2.32. The Morgan fingerprint density at radius 1 is 1.38 bits per heavy atom. The minimum atomic E-state index is -0.802. The number of benzene rings is 1. The molecule has 2 amide bonds. The van der Waals surface area contributed by atoms with Crippen LogP contribution < -0.4 is 15.2 Å². The average Bonchev–Trinajstić information content (AvgIpc) is 3.23. The van der Waals surface area contributed by atoms with Crippen LogP contribution in [0.25, 0.3) is 0 Å². The first-order valence-electron chi connectivity index (χ1n) is 7.04. The number of hydrogen-bond acceptors (Lipinski definition) is 6. The van der Waals surface area contributed by atoms with Crippen LogP contribution in [0.15, 0.2) is 34.0 Å². The maximum atomic E-state index is 14.8. The van der Waals surface area contributed by atoms with Crippen LogP contribution in [0.3, 0.4) is 0 Å². The number of carbonyl (C=O) groups is 1. The van der Waals surface area contributed by atoms with Crippen LogP contribution in [0.2, 0.25) is 0 Å². The molecule has 1 aromatic heterocycles. The predicted octanol–water partition coefficient (Wildman–Crippen LogP) is 2.06. The zero-order valence-corrected chi connectivity index (χ0v) is 13.0. The lowest BCUT2D eigenvalue weighted by molar-refractivity contribution is 0.194. The number of halogens is 1. The van der Waals surface area contributed by atoms with E-state index in [4.69, 9.17) is 19.7 Å². The summed E-state index contributed by atoms with van der Waals surface area (Å²) in [5.41, 5.74) is 6.04. The molecular weight excluding hydrogens is 319 g/mol. The van der Waals surface area contributed by atoms with E-state index < -0.39 is 17.9 Å². The smallest absolute Gasteiger partial charge is 0.335 e. The summed E-state index contributed by atoms with van der Waals surface area (Å²) in [7, 11) is 2.75. The fraction of sp³-hybridized carbons (Fsp3) is 0.267. The van der Waals surface area contributed by atoms with Crippen molar-refractivity contribution in [2.75, 3.05) is 14.2 Å². The third-order valence-corrected chi connectivity index (χ3v) is 3.73. The Bertz CT molecular complexity index is 791. The number of primary amides is 1. The quantitative estimate of drug-likeness (QED) is 0.922. The SMILES string of the molecule is COc1ccc(C2CC(c3ccno3)=NN2C(N)=O)c(F)c1OC. The molecule has 1 aromatic carbocycles. The molecule has 1 atom stereocenters. The van der Waals surface area contributed by atoms with Crippen molar-refractivity contribution in [3.8, 4) is 11.5 Å². The zero-order chi connectivity index (χ0) is 17.3. The molecule has 1 aliphatic heterocycles. The van der Waals surface area contributed by atoms with Crippen molar-refractivity contribution in [1.82, 2.24) is 10.2 Å². The summed E-state index contributed by atoms with van der Waals surface area (Å²) >= 11 is 0. The van der Waals surface area contributed by atoms with Gasteiger partial charge in [0.15, 0.2) is 23.1 Å². The highest BCUT2D eigenvalue weighted by Gasteiger charge is 2.36. The van der Waals surface area contributed by atoms with Gasteiger partial charge in [0.05, 0.1) is 26.5 Å². The van der Waals surface area contributed by atoms with Crippen LogP contribution in [0.5, 0.6) is 11.5 Å². The molecule has 0 fully saturated rings. The molecule has 2 heterocycles. The number of urea groups is 1. The van der Waals surface area contributed by atoms with E-state index in [1.165, 1.54) is 26.5 Å².